The number of amides is 3. The first-order chi connectivity index (χ1) is 33.3. The molecule has 0 aliphatic carbocycles. The Balaban J connectivity index is 0.945. The molecule has 4 heterocycles. The van der Waals surface area contributed by atoms with Gasteiger partial charge in [0.1, 0.15) is 24.7 Å². The fourth-order valence-corrected chi connectivity index (χ4v) is 11.9. The Kier molecular flexibility index (Phi) is 14.0. The fraction of sp³-hybridized carbons (Fsp3) is 0.345. The molecule has 0 saturated carbocycles. The van der Waals surface area contributed by atoms with E-state index in [1.807, 2.05) is 104 Å². The minimum Gasteiger partial charge on any atom is -0.493 e. The average Bonchev–Trinajstić information content (AvgIpc) is 3.85. The summed E-state index contributed by atoms with van der Waals surface area (Å²) in [6.45, 7) is 8.39. The molecule has 9 rings (SSSR count). The number of para-hydroxylation sites is 2. The lowest BCUT2D eigenvalue weighted by molar-refractivity contribution is -0.119. The number of ketones is 1. The molecule has 5 aromatic carbocycles. The number of hydrogen-bond donors (Lipinski definition) is 0. The molecule has 0 bridgehead atoms. The number of hydrogen-bond acceptors (Lipinski definition) is 11. The van der Waals surface area contributed by atoms with E-state index in [-0.39, 0.29) is 53.5 Å². The Bertz CT molecular complexity index is 2900. The zero-order valence-electron chi connectivity index (χ0n) is 40.0. The summed E-state index contributed by atoms with van der Waals surface area (Å²) >= 11 is 0. The smallest absolute Gasteiger partial charge is 0.261 e. The van der Waals surface area contributed by atoms with Crippen molar-refractivity contribution >= 4 is 86.0 Å². The molecule has 0 aromatic heterocycles. The van der Waals surface area contributed by atoms with Crippen LogP contribution in [0.5, 0.6) is 17.2 Å². The van der Waals surface area contributed by atoms with Crippen LogP contribution in [0.1, 0.15) is 101 Å². The number of aliphatic imine (C=N–C) groups is 2. The van der Waals surface area contributed by atoms with Gasteiger partial charge in [0.15, 0.2) is 11.5 Å². The predicted molar refractivity (Wildman–Crippen MR) is 278 cm³/mol. The van der Waals surface area contributed by atoms with Crippen LogP contribution in [0.25, 0.3) is 0 Å². The topological polar surface area (TPSA) is 130 Å². The summed E-state index contributed by atoms with van der Waals surface area (Å²) in [4.78, 5) is 68.7. The third-order valence-electron chi connectivity index (χ3n) is 13.2. The lowest BCUT2D eigenvalue weighted by Gasteiger charge is -2.25. The van der Waals surface area contributed by atoms with Crippen molar-refractivity contribution in [1.29, 1.82) is 0 Å². The maximum absolute atomic E-state index is 14.1. The van der Waals surface area contributed by atoms with E-state index in [0.29, 0.717) is 84.0 Å². The predicted octanol–water partition coefficient (Wildman–Crippen LogP) is 11.4. The van der Waals surface area contributed by atoms with Crippen molar-refractivity contribution in [1.82, 2.24) is 0 Å². The van der Waals surface area contributed by atoms with Crippen LogP contribution in [0.3, 0.4) is 0 Å². The molecule has 0 unspecified atom stereocenters. The SMILES string of the molecule is CCC(=O)CCCSSC(C)(C)CCC(=O)N(C)c1cc(COc2cc3c(cc2C)C(=O)N2c4ccccc4C[C@H]2C=N3)cc(COc2cc3c(cc2OC)C(=O)N2c4ccccc4C[C@H]2C=N3)c1. The third-order valence-corrected chi connectivity index (χ3v) is 16.6. The van der Waals surface area contributed by atoms with Crippen LogP contribution < -0.4 is 28.9 Å². The standard InChI is InChI=1S/C55H57N5O7S2/c1-7-42(61)15-12-20-68-69-55(3,4)19-18-52(62)58(5)39-23-35(32-66-49-28-45-43(21-34(49)2)53(63)59-40(30-56-45)25-37-13-8-10-16-47(37)59)22-36(24-39)33-67-51-29-46-44(27-50(51)65-6)54(64)60-41(31-57-46)26-38-14-9-11-17-48(38)60/h8-11,13-14,16-17,21-24,27-31,40-41H,7,12,15,18-20,25-26,32-33H2,1-6H3/t40-,41-/m0/s1. The third kappa shape index (κ3) is 10.2. The number of fused-ring (bicyclic) bond motifs is 8. The van der Waals surface area contributed by atoms with Crippen molar-refractivity contribution in [2.45, 2.75) is 103 Å². The number of aryl methyl sites for hydroxylation is 1. The van der Waals surface area contributed by atoms with E-state index < -0.39 is 0 Å². The first-order valence-electron chi connectivity index (χ1n) is 23.6. The van der Waals surface area contributed by atoms with Crippen molar-refractivity contribution in [3.63, 3.8) is 0 Å². The highest BCUT2D eigenvalue weighted by atomic mass is 33.1. The fourth-order valence-electron chi connectivity index (χ4n) is 9.28. The molecule has 0 radical (unpaired) electrons. The Morgan fingerprint density at radius 1 is 0.754 bits per heavy atom. The van der Waals surface area contributed by atoms with Crippen LogP contribution in [-0.2, 0) is 35.6 Å². The molecule has 0 fully saturated rings. The van der Waals surface area contributed by atoms with E-state index in [1.165, 1.54) is 0 Å². The summed E-state index contributed by atoms with van der Waals surface area (Å²) in [6, 6.07) is 28.6. The molecular formula is C55H57N5O7S2. The van der Waals surface area contributed by atoms with Crippen molar-refractivity contribution in [3.8, 4) is 17.2 Å². The monoisotopic (exact) mass is 963 g/mol. The molecule has 4 aliphatic heterocycles. The van der Waals surface area contributed by atoms with Crippen LogP contribution in [0.15, 0.2) is 101 Å². The van der Waals surface area contributed by atoms with Crippen molar-refractivity contribution < 1.29 is 33.4 Å². The van der Waals surface area contributed by atoms with E-state index in [1.54, 1.807) is 57.7 Å². The van der Waals surface area contributed by atoms with Gasteiger partial charge in [-0.1, -0.05) is 64.9 Å². The zero-order chi connectivity index (χ0) is 48.4. The second kappa shape index (κ2) is 20.3. The van der Waals surface area contributed by atoms with E-state index >= 15 is 0 Å². The number of nitrogens with zero attached hydrogens (tertiary/aromatic N) is 5. The number of carbonyl (C=O) groups excluding carboxylic acids is 4. The number of ether oxygens (including phenoxy) is 3. The number of methoxy groups -OCH3 is 1. The summed E-state index contributed by atoms with van der Waals surface area (Å²) < 4.78 is 18.7. The highest BCUT2D eigenvalue weighted by Gasteiger charge is 2.38. The zero-order valence-corrected chi connectivity index (χ0v) is 41.6. The van der Waals surface area contributed by atoms with Gasteiger partial charge in [-0.25, -0.2) is 0 Å². The molecule has 14 heteroatoms. The minimum atomic E-state index is -0.196. The quantitative estimate of drug-likeness (QED) is 0.0622. The van der Waals surface area contributed by atoms with Gasteiger partial charge >= 0.3 is 0 Å². The average molecular weight is 964 g/mol. The van der Waals surface area contributed by atoms with Crippen molar-refractivity contribution in [3.05, 3.63) is 130 Å². The maximum atomic E-state index is 14.1. The Labute approximate surface area is 411 Å². The van der Waals surface area contributed by atoms with Gasteiger partial charge in [0.05, 0.1) is 41.7 Å². The molecule has 69 heavy (non-hydrogen) atoms. The lowest BCUT2D eigenvalue weighted by atomic mass is 10.1. The van der Waals surface area contributed by atoms with E-state index in [9.17, 15) is 19.2 Å². The summed E-state index contributed by atoms with van der Waals surface area (Å²) in [7, 11) is 6.85. The first-order valence-corrected chi connectivity index (χ1v) is 25.9. The second-order valence-electron chi connectivity index (χ2n) is 18.6. The Hall–Kier alpha value is -6.38. The summed E-state index contributed by atoms with van der Waals surface area (Å²) in [6.07, 6.45) is 8.12. The number of benzene rings is 5. The van der Waals surface area contributed by atoms with Gasteiger partial charge in [-0.05, 0) is 104 Å². The molecule has 0 saturated heterocycles. The van der Waals surface area contributed by atoms with Crippen LogP contribution in [-0.4, -0.2) is 72.7 Å². The van der Waals surface area contributed by atoms with Crippen molar-refractivity contribution in [2.24, 2.45) is 9.98 Å². The Morgan fingerprint density at radius 3 is 1.91 bits per heavy atom. The van der Waals surface area contributed by atoms with Gasteiger partial charge in [-0.15, -0.1) is 0 Å². The number of carbonyl (C=O) groups is 4. The molecule has 3 amide bonds. The normalized spacial score (nSPS) is 16.4. The van der Waals surface area contributed by atoms with E-state index in [0.717, 1.165) is 51.4 Å². The molecule has 2 atom stereocenters. The van der Waals surface area contributed by atoms with Gasteiger partial charge in [0.2, 0.25) is 5.91 Å². The molecule has 4 aliphatic rings. The van der Waals surface area contributed by atoms with Gasteiger partial charge in [-0.3, -0.25) is 39.0 Å². The van der Waals surface area contributed by atoms with Crippen molar-refractivity contribution in [2.75, 3.05) is 34.6 Å². The summed E-state index contributed by atoms with van der Waals surface area (Å²) in [5.74, 6) is 2.31. The van der Waals surface area contributed by atoms with Crippen LogP contribution in [0.4, 0.5) is 28.4 Å². The second-order valence-corrected chi connectivity index (χ2v) is 21.7. The maximum Gasteiger partial charge on any atom is 0.261 e. The van der Waals surface area contributed by atoms with Gasteiger partial charge < -0.3 is 19.1 Å². The highest BCUT2D eigenvalue weighted by Crippen LogP contribution is 2.43. The largest absolute Gasteiger partial charge is 0.493 e. The molecule has 12 nitrogen and oxygen atoms in total. The first kappa shape index (κ1) is 47.7. The van der Waals surface area contributed by atoms with Crippen LogP contribution in [0, 0.1) is 6.92 Å². The van der Waals surface area contributed by atoms with E-state index in [2.05, 4.69) is 19.9 Å². The molecule has 0 spiro atoms. The molecule has 5 aromatic rings. The number of Topliss-reactive ketones (excluding diaryl/α,β-unsaturated/α-hetero) is 1. The van der Waals surface area contributed by atoms with E-state index in [4.69, 9.17) is 24.2 Å². The molecular weight excluding hydrogens is 907 g/mol. The van der Waals surface area contributed by atoms with Gasteiger partial charge in [0, 0.05) is 91.3 Å². The minimum absolute atomic E-state index is 0.0301. The van der Waals surface area contributed by atoms with Crippen LogP contribution in [0.2, 0.25) is 0 Å². The highest BCUT2D eigenvalue weighted by molar-refractivity contribution is 8.77. The number of anilines is 3. The van der Waals surface area contributed by atoms with Crippen LogP contribution >= 0.6 is 21.6 Å². The summed E-state index contributed by atoms with van der Waals surface area (Å²) in [5.41, 5.74) is 9.09. The Morgan fingerprint density at radius 2 is 1.32 bits per heavy atom. The molecule has 0 N–H and O–H groups in total. The summed E-state index contributed by atoms with van der Waals surface area (Å²) in [5, 5.41) is 0. The molecule has 356 valence electrons. The van der Waals surface area contributed by atoms with Gasteiger partial charge in [0.25, 0.3) is 11.8 Å². The van der Waals surface area contributed by atoms with Gasteiger partial charge in [-0.2, -0.15) is 0 Å². The lowest BCUT2D eigenvalue weighted by Crippen LogP contribution is -2.37. The number of rotatable bonds is 18.